The van der Waals surface area contributed by atoms with E-state index >= 15 is 0 Å². The van der Waals surface area contributed by atoms with Crippen LogP contribution in [0.15, 0.2) is 60.8 Å². The molecule has 26 heavy (non-hydrogen) atoms. The van der Waals surface area contributed by atoms with Crippen molar-refractivity contribution in [2.24, 2.45) is 0 Å². The molecule has 0 aliphatic rings. The van der Waals surface area contributed by atoms with Gasteiger partial charge in [0, 0.05) is 30.6 Å². The van der Waals surface area contributed by atoms with Gasteiger partial charge in [0.25, 0.3) is 0 Å². The lowest BCUT2D eigenvalue weighted by Crippen LogP contribution is -2.30. The number of ether oxygens (including phenoxy) is 1. The zero-order chi connectivity index (χ0) is 18.4. The molecule has 1 heterocycles. The van der Waals surface area contributed by atoms with Gasteiger partial charge < -0.3 is 15.4 Å². The Bertz CT molecular complexity index is 890. The van der Waals surface area contributed by atoms with Crippen LogP contribution in [0.3, 0.4) is 0 Å². The summed E-state index contributed by atoms with van der Waals surface area (Å²) in [5.74, 6) is 0.605. The number of nitrogens with zero attached hydrogens (tertiary/aromatic N) is 1. The highest BCUT2D eigenvalue weighted by molar-refractivity contribution is 5.92. The van der Waals surface area contributed by atoms with E-state index in [2.05, 4.69) is 33.8 Å². The second-order valence-electron chi connectivity index (χ2n) is 6.23. The lowest BCUT2D eigenvalue weighted by atomic mass is 10.1. The zero-order valence-corrected chi connectivity index (χ0v) is 15.0. The number of fused-ring (bicyclic) bond motifs is 1. The summed E-state index contributed by atoms with van der Waals surface area (Å²) in [6, 6.07) is 17.6. The number of pyridine rings is 1. The number of anilines is 1. The number of hydrogen-bond acceptors (Lipinski definition) is 4. The number of aromatic nitrogens is 1. The molecule has 2 aromatic carbocycles. The van der Waals surface area contributed by atoms with Gasteiger partial charge in [-0.25, -0.2) is 0 Å². The number of rotatable bonds is 7. The summed E-state index contributed by atoms with van der Waals surface area (Å²) in [4.78, 5) is 16.8. The Morgan fingerprint density at radius 1 is 1.12 bits per heavy atom. The lowest BCUT2D eigenvalue weighted by molar-refractivity contribution is -0.116. The molecule has 1 aromatic heterocycles. The normalized spacial score (nSPS) is 11.9. The molecule has 5 nitrogen and oxygen atoms in total. The Morgan fingerprint density at radius 3 is 2.77 bits per heavy atom. The van der Waals surface area contributed by atoms with Crippen LogP contribution in [-0.4, -0.2) is 24.0 Å². The molecule has 134 valence electrons. The number of para-hydroxylation sites is 3. The minimum Gasteiger partial charge on any atom is -0.495 e. The van der Waals surface area contributed by atoms with Crippen molar-refractivity contribution in [3.8, 4) is 5.75 Å². The first-order valence-corrected chi connectivity index (χ1v) is 8.66. The number of amides is 1. The summed E-state index contributed by atoms with van der Waals surface area (Å²) >= 11 is 0. The first-order valence-electron chi connectivity index (χ1n) is 8.66. The smallest absolute Gasteiger partial charge is 0.226 e. The van der Waals surface area contributed by atoms with E-state index < -0.39 is 0 Å². The van der Waals surface area contributed by atoms with E-state index in [4.69, 9.17) is 4.74 Å². The second-order valence-corrected chi connectivity index (χ2v) is 6.23. The summed E-state index contributed by atoms with van der Waals surface area (Å²) in [5.41, 5.74) is 2.80. The summed E-state index contributed by atoms with van der Waals surface area (Å²) in [6.07, 6.45) is 2.17. The van der Waals surface area contributed by atoms with Gasteiger partial charge in [0.15, 0.2) is 0 Å². The van der Waals surface area contributed by atoms with E-state index in [1.807, 2.05) is 43.3 Å². The van der Waals surface area contributed by atoms with E-state index in [-0.39, 0.29) is 11.9 Å². The van der Waals surface area contributed by atoms with Gasteiger partial charge in [-0.05, 0) is 30.7 Å². The maximum atomic E-state index is 12.3. The van der Waals surface area contributed by atoms with Crippen molar-refractivity contribution in [2.75, 3.05) is 12.4 Å². The fourth-order valence-corrected chi connectivity index (χ4v) is 2.89. The highest BCUT2D eigenvalue weighted by Crippen LogP contribution is 2.23. The molecule has 0 radical (unpaired) electrons. The van der Waals surface area contributed by atoms with Crippen LogP contribution in [0.25, 0.3) is 10.9 Å². The number of methoxy groups -OCH3 is 1. The van der Waals surface area contributed by atoms with Crippen molar-refractivity contribution >= 4 is 22.5 Å². The standard InChI is InChI=1S/C21H23N3O2/c1-15(13-20(25)24-18-10-3-4-11-19(18)26-2)23-14-17-8-5-7-16-9-6-12-22-21(16)17/h3-12,15,23H,13-14H2,1-2H3,(H,24,25)/t15-/m1/s1. The number of carbonyl (C=O) groups excluding carboxylic acids is 1. The molecule has 0 unspecified atom stereocenters. The molecule has 5 heteroatoms. The van der Waals surface area contributed by atoms with Crippen LogP contribution in [0, 0.1) is 0 Å². The number of hydrogen-bond donors (Lipinski definition) is 2. The number of carbonyl (C=O) groups is 1. The van der Waals surface area contributed by atoms with Crippen molar-refractivity contribution in [3.63, 3.8) is 0 Å². The second kappa shape index (κ2) is 8.45. The molecule has 3 aromatic rings. The van der Waals surface area contributed by atoms with Crippen molar-refractivity contribution in [1.29, 1.82) is 0 Å². The molecule has 0 aliphatic heterocycles. The van der Waals surface area contributed by atoms with Crippen LogP contribution >= 0.6 is 0 Å². The van der Waals surface area contributed by atoms with Crippen molar-refractivity contribution in [3.05, 3.63) is 66.4 Å². The van der Waals surface area contributed by atoms with Gasteiger partial charge >= 0.3 is 0 Å². The maximum Gasteiger partial charge on any atom is 0.226 e. The van der Waals surface area contributed by atoms with Crippen LogP contribution in [-0.2, 0) is 11.3 Å². The van der Waals surface area contributed by atoms with Crippen molar-refractivity contribution in [2.45, 2.75) is 25.9 Å². The fourth-order valence-electron chi connectivity index (χ4n) is 2.89. The number of nitrogens with one attached hydrogen (secondary N) is 2. The highest BCUT2D eigenvalue weighted by atomic mass is 16.5. The maximum absolute atomic E-state index is 12.3. The summed E-state index contributed by atoms with van der Waals surface area (Å²) < 4.78 is 5.26. The Balaban J connectivity index is 1.57. The average Bonchev–Trinajstić information content (AvgIpc) is 2.66. The molecule has 0 aliphatic carbocycles. The Labute approximate surface area is 153 Å². The predicted molar refractivity (Wildman–Crippen MR) is 104 cm³/mol. The molecule has 0 bridgehead atoms. The Kier molecular flexibility index (Phi) is 5.81. The van der Waals surface area contributed by atoms with Gasteiger partial charge in [0.1, 0.15) is 5.75 Å². The molecule has 1 atom stereocenters. The minimum atomic E-state index is -0.0504. The van der Waals surface area contributed by atoms with Crippen molar-refractivity contribution in [1.82, 2.24) is 10.3 Å². The number of benzene rings is 2. The molecule has 0 saturated carbocycles. The summed E-state index contributed by atoms with van der Waals surface area (Å²) in [6.45, 7) is 2.66. The average molecular weight is 349 g/mol. The minimum absolute atomic E-state index is 0.0312. The zero-order valence-electron chi connectivity index (χ0n) is 15.0. The van der Waals surface area contributed by atoms with Gasteiger partial charge in [0.05, 0.1) is 18.3 Å². The predicted octanol–water partition coefficient (Wildman–Crippen LogP) is 3.75. The molecule has 2 N–H and O–H groups in total. The quantitative estimate of drug-likeness (QED) is 0.682. The van der Waals surface area contributed by atoms with Gasteiger partial charge in [-0.3, -0.25) is 9.78 Å². The molecule has 0 saturated heterocycles. The molecular weight excluding hydrogens is 326 g/mol. The van der Waals surface area contributed by atoms with Crippen LogP contribution in [0.4, 0.5) is 5.69 Å². The summed E-state index contributed by atoms with van der Waals surface area (Å²) in [5, 5.41) is 7.43. The monoisotopic (exact) mass is 349 g/mol. The topological polar surface area (TPSA) is 63.2 Å². The fraction of sp³-hybridized carbons (Fsp3) is 0.238. The third-order valence-corrected chi connectivity index (χ3v) is 4.23. The third kappa shape index (κ3) is 4.37. The van der Waals surface area contributed by atoms with Crippen molar-refractivity contribution < 1.29 is 9.53 Å². The van der Waals surface area contributed by atoms with Crippen LogP contribution in [0.5, 0.6) is 5.75 Å². The van der Waals surface area contributed by atoms with E-state index in [1.54, 1.807) is 13.3 Å². The van der Waals surface area contributed by atoms with E-state index in [1.165, 1.54) is 0 Å². The summed E-state index contributed by atoms with van der Waals surface area (Å²) in [7, 11) is 1.59. The molecule has 1 amide bonds. The highest BCUT2D eigenvalue weighted by Gasteiger charge is 2.12. The van der Waals surface area contributed by atoms with Crippen LogP contribution in [0.2, 0.25) is 0 Å². The van der Waals surface area contributed by atoms with Gasteiger partial charge in [0.2, 0.25) is 5.91 Å². The first-order chi connectivity index (χ1) is 12.7. The SMILES string of the molecule is COc1ccccc1NC(=O)C[C@@H](C)NCc1cccc2cccnc12. The molecule has 3 rings (SSSR count). The first kappa shape index (κ1) is 17.9. The van der Waals surface area contributed by atoms with Gasteiger partial charge in [-0.1, -0.05) is 36.4 Å². The van der Waals surface area contributed by atoms with E-state index in [0.717, 1.165) is 16.5 Å². The van der Waals surface area contributed by atoms with Crippen LogP contribution in [0.1, 0.15) is 18.9 Å². The van der Waals surface area contributed by atoms with Gasteiger partial charge in [-0.2, -0.15) is 0 Å². The Morgan fingerprint density at radius 2 is 1.92 bits per heavy atom. The lowest BCUT2D eigenvalue weighted by Gasteiger charge is -2.15. The Hall–Kier alpha value is -2.92. The molecular formula is C21H23N3O2. The third-order valence-electron chi connectivity index (χ3n) is 4.23. The largest absolute Gasteiger partial charge is 0.495 e. The molecule has 0 fully saturated rings. The van der Waals surface area contributed by atoms with E-state index in [0.29, 0.717) is 24.4 Å². The van der Waals surface area contributed by atoms with E-state index in [9.17, 15) is 4.79 Å². The van der Waals surface area contributed by atoms with Gasteiger partial charge in [-0.15, -0.1) is 0 Å². The van der Waals surface area contributed by atoms with Crippen LogP contribution < -0.4 is 15.4 Å². The molecule has 0 spiro atoms.